The van der Waals surface area contributed by atoms with Gasteiger partial charge in [0.2, 0.25) is 0 Å². The van der Waals surface area contributed by atoms with Crippen molar-refractivity contribution in [1.29, 1.82) is 0 Å². The molecule has 1 rings (SSSR count). The maximum Gasteiger partial charge on any atom is 0.148 e. The molecule has 2 nitrogen and oxygen atoms in total. The van der Waals surface area contributed by atoms with E-state index in [1.807, 2.05) is 0 Å². The van der Waals surface area contributed by atoms with E-state index in [0.717, 1.165) is 6.07 Å². The molecule has 16 heavy (non-hydrogen) atoms. The van der Waals surface area contributed by atoms with Crippen LogP contribution in [0.2, 0.25) is 5.02 Å². The topological polar surface area (TPSA) is 46.2 Å². The highest BCUT2D eigenvalue weighted by Crippen LogP contribution is 2.29. The normalized spacial score (nSPS) is 13.0. The lowest BCUT2D eigenvalue weighted by Crippen LogP contribution is -2.14. The zero-order valence-electron chi connectivity index (χ0n) is 9.51. The molecule has 0 fully saturated rings. The van der Waals surface area contributed by atoms with Gasteiger partial charge in [0.15, 0.2) is 0 Å². The SMILES string of the molecule is C/C(=C\C(C)(C)O)c1cc(Cl)cc(F)c1N. The van der Waals surface area contributed by atoms with Gasteiger partial charge in [-0.3, -0.25) is 0 Å². The largest absolute Gasteiger partial charge is 0.396 e. The van der Waals surface area contributed by atoms with Gasteiger partial charge in [0.25, 0.3) is 0 Å². The summed E-state index contributed by atoms with van der Waals surface area (Å²) in [6.45, 7) is 5.01. The lowest BCUT2D eigenvalue weighted by molar-refractivity contribution is 0.133. The molecule has 0 heterocycles. The molecule has 0 aliphatic heterocycles. The molecular weight excluding hydrogens is 229 g/mol. The molecule has 0 saturated carbocycles. The number of hydrogen-bond acceptors (Lipinski definition) is 2. The molecule has 0 aliphatic carbocycles. The average molecular weight is 244 g/mol. The third kappa shape index (κ3) is 3.22. The molecule has 0 atom stereocenters. The Morgan fingerprint density at radius 1 is 1.50 bits per heavy atom. The third-order valence-electron chi connectivity index (χ3n) is 2.09. The highest BCUT2D eigenvalue weighted by Gasteiger charge is 2.13. The molecular formula is C12H15ClFNO. The molecule has 0 unspecified atom stereocenters. The number of anilines is 1. The molecule has 88 valence electrons. The second kappa shape index (κ2) is 4.44. The smallest absolute Gasteiger partial charge is 0.148 e. The maximum atomic E-state index is 13.3. The van der Waals surface area contributed by atoms with E-state index in [-0.39, 0.29) is 10.7 Å². The third-order valence-corrected chi connectivity index (χ3v) is 2.31. The van der Waals surface area contributed by atoms with Crippen LogP contribution in [0.25, 0.3) is 5.57 Å². The first-order chi connectivity index (χ1) is 7.20. The molecule has 0 amide bonds. The Kier molecular flexibility index (Phi) is 3.61. The first-order valence-corrected chi connectivity index (χ1v) is 5.25. The Bertz CT molecular complexity index is 435. The molecule has 1 aromatic carbocycles. The monoisotopic (exact) mass is 243 g/mol. The van der Waals surface area contributed by atoms with Crippen molar-refractivity contribution >= 4 is 22.9 Å². The van der Waals surface area contributed by atoms with Crippen molar-refractivity contribution in [3.63, 3.8) is 0 Å². The summed E-state index contributed by atoms with van der Waals surface area (Å²) < 4.78 is 13.3. The summed E-state index contributed by atoms with van der Waals surface area (Å²) in [7, 11) is 0. The summed E-state index contributed by atoms with van der Waals surface area (Å²) in [5, 5.41) is 9.92. The fourth-order valence-electron chi connectivity index (χ4n) is 1.52. The predicted octanol–water partition coefficient (Wildman–Crippen LogP) is 3.24. The van der Waals surface area contributed by atoms with Gasteiger partial charge < -0.3 is 10.8 Å². The maximum absolute atomic E-state index is 13.3. The van der Waals surface area contributed by atoms with Crippen LogP contribution in [0.1, 0.15) is 26.3 Å². The fraction of sp³-hybridized carbons (Fsp3) is 0.333. The van der Waals surface area contributed by atoms with E-state index in [4.69, 9.17) is 17.3 Å². The summed E-state index contributed by atoms with van der Waals surface area (Å²) in [6.07, 6.45) is 1.61. The summed E-state index contributed by atoms with van der Waals surface area (Å²) in [4.78, 5) is 0. The van der Waals surface area contributed by atoms with Crippen molar-refractivity contribution in [2.24, 2.45) is 0 Å². The van der Waals surface area contributed by atoms with Crippen LogP contribution in [0.4, 0.5) is 10.1 Å². The van der Waals surface area contributed by atoms with E-state index in [1.165, 1.54) is 0 Å². The molecule has 1 aromatic rings. The minimum atomic E-state index is -0.977. The summed E-state index contributed by atoms with van der Waals surface area (Å²) in [5.74, 6) is -0.550. The zero-order valence-corrected chi connectivity index (χ0v) is 10.3. The highest BCUT2D eigenvalue weighted by molar-refractivity contribution is 6.30. The standard InChI is InChI=1S/C12H15ClFNO/c1-7(6-12(2,3)16)9-4-8(13)5-10(14)11(9)15/h4-6,16H,15H2,1-3H3/b7-6+. The highest BCUT2D eigenvalue weighted by atomic mass is 35.5. The minimum absolute atomic E-state index is 0.0439. The van der Waals surface area contributed by atoms with Crippen molar-refractivity contribution < 1.29 is 9.50 Å². The predicted molar refractivity (Wildman–Crippen MR) is 65.8 cm³/mol. The van der Waals surface area contributed by atoms with E-state index in [1.54, 1.807) is 32.9 Å². The van der Waals surface area contributed by atoms with E-state index in [2.05, 4.69) is 0 Å². The Hall–Kier alpha value is -1.06. The number of allylic oxidation sites excluding steroid dienone is 1. The number of halogens is 2. The van der Waals surface area contributed by atoms with Gasteiger partial charge in [-0.1, -0.05) is 17.7 Å². The van der Waals surface area contributed by atoms with E-state index >= 15 is 0 Å². The number of nitrogen functional groups attached to an aromatic ring is 1. The van der Waals surface area contributed by atoms with Crippen LogP contribution < -0.4 is 5.73 Å². The number of hydrogen-bond donors (Lipinski definition) is 2. The first kappa shape index (κ1) is 13.0. The minimum Gasteiger partial charge on any atom is -0.396 e. The average Bonchev–Trinajstić information content (AvgIpc) is 2.08. The number of rotatable bonds is 2. The molecule has 0 radical (unpaired) electrons. The van der Waals surface area contributed by atoms with Crippen LogP contribution in [0.3, 0.4) is 0 Å². The van der Waals surface area contributed by atoms with Crippen molar-refractivity contribution in [3.05, 3.63) is 34.6 Å². The lowest BCUT2D eigenvalue weighted by Gasteiger charge is -2.15. The van der Waals surface area contributed by atoms with Gasteiger partial charge in [0, 0.05) is 10.6 Å². The second-order valence-electron chi connectivity index (χ2n) is 4.33. The Balaban J connectivity index is 3.29. The van der Waals surface area contributed by atoms with Gasteiger partial charge in [0.1, 0.15) is 5.82 Å². The molecule has 4 heteroatoms. The quantitative estimate of drug-likeness (QED) is 0.784. The van der Waals surface area contributed by atoms with Gasteiger partial charge >= 0.3 is 0 Å². The molecule has 0 spiro atoms. The van der Waals surface area contributed by atoms with E-state index in [0.29, 0.717) is 11.1 Å². The zero-order chi connectivity index (χ0) is 12.5. The molecule has 0 saturated heterocycles. The van der Waals surface area contributed by atoms with Gasteiger partial charge in [0.05, 0.1) is 11.3 Å². The number of aliphatic hydroxyl groups is 1. The van der Waals surface area contributed by atoms with Crippen molar-refractivity contribution in [2.45, 2.75) is 26.4 Å². The second-order valence-corrected chi connectivity index (χ2v) is 4.77. The molecule has 3 N–H and O–H groups in total. The van der Waals surface area contributed by atoms with Gasteiger partial charge in [-0.25, -0.2) is 4.39 Å². The van der Waals surface area contributed by atoms with Crippen LogP contribution in [-0.2, 0) is 0 Å². The van der Waals surface area contributed by atoms with Crippen molar-refractivity contribution in [3.8, 4) is 0 Å². The molecule has 0 bridgehead atoms. The van der Waals surface area contributed by atoms with Gasteiger partial charge in [-0.15, -0.1) is 0 Å². The molecule has 0 aromatic heterocycles. The van der Waals surface area contributed by atoms with Crippen LogP contribution in [0.5, 0.6) is 0 Å². The van der Waals surface area contributed by atoms with Crippen LogP contribution in [0.15, 0.2) is 18.2 Å². The Labute approximate surface area is 99.5 Å². The summed E-state index contributed by atoms with van der Waals surface area (Å²) in [5.41, 5.74) is 5.88. The Morgan fingerprint density at radius 3 is 2.56 bits per heavy atom. The van der Waals surface area contributed by atoms with Gasteiger partial charge in [-0.05, 0) is 38.5 Å². The van der Waals surface area contributed by atoms with Crippen LogP contribution in [-0.4, -0.2) is 10.7 Å². The molecule has 0 aliphatic rings. The fourth-order valence-corrected chi connectivity index (χ4v) is 1.72. The summed E-state index contributed by atoms with van der Waals surface area (Å²) in [6, 6.07) is 2.75. The number of nitrogens with two attached hydrogens (primary N) is 1. The van der Waals surface area contributed by atoms with E-state index in [9.17, 15) is 9.50 Å². The van der Waals surface area contributed by atoms with Crippen LogP contribution in [0, 0.1) is 5.82 Å². The van der Waals surface area contributed by atoms with Crippen molar-refractivity contribution in [1.82, 2.24) is 0 Å². The van der Waals surface area contributed by atoms with E-state index < -0.39 is 11.4 Å². The summed E-state index contributed by atoms with van der Waals surface area (Å²) >= 11 is 5.75. The number of benzene rings is 1. The van der Waals surface area contributed by atoms with Gasteiger partial charge in [-0.2, -0.15) is 0 Å². The lowest BCUT2D eigenvalue weighted by atomic mass is 9.99. The van der Waals surface area contributed by atoms with Crippen LogP contribution >= 0.6 is 11.6 Å². The van der Waals surface area contributed by atoms with Crippen molar-refractivity contribution in [2.75, 3.05) is 5.73 Å². The Morgan fingerprint density at radius 2 is 2.06 bits per heavy atom. The first-order valence-electron chi connectivity index (χ1n) is 4.87.